The van der Waals surface area contributed by atoms with Crippen molar-refractivity contribution in [2.24, 2.45) is 13.0 Å². The molecule has 9 nitrogen and oxygen atoms in total. The number of carbonyl (C=O) groups is 1. The van der Waals surface area contributed by atoms with Gasteiger partial charge in [0, 0.05) is 26.7 Å². The number of aryl methyl sites for hydroxylation is 1. The molecule has 28 heavy (non-hydrogen) atoms. The predicted molar refractivity (Wildman–Crippen MR) is 104 cm³/mol. The van der Waals surface area contributed by atoms with Crippen LogP contribution < -0.4 is 16.1 Å². The second kappa shape index (κ2) is 6.66. The monoisotopic (exact) mass is 383 g/mol. The van der Waals surface area contributed by atoms with Gasteiger partial charge in [0.1, 0.15) is 6.54 Å². The summed E-state index contributed by atoms with van der Waals surface area (Å²) in [5.41, 5.74) is 0.361. The zero-order chi connectivity index (χ0) is 20.0. The van der Waals surface area contributed by atoms with E-state index >= 15 is 0 Å². The van der Waals surface area contributed by atoms with Crippen LogP contribution in [0.25, 0.3) is 11.2 Å². The summed E-state index contributed by atoms with van der Waals surface area (Å²) in [7, 11) is 1.51. The second-order valence-electron chi connectivity index (χ2n) is 7.29. The average Bonchev–Trinajstić information content (AvgIpc) is 3.04. The number of hydrogen-bond acceptors (Lipinski definition) is 5. The predicted octanol–water partition coefficient (Wildman–Crippen LogP) is 0.638. The summed E-state index contributed by atoms with van der Waals surface area (Å²) >= 11 is 0. The van der Waals surface area contributed by atoms with E-state index in [0.29, 0.717) is 19.0 Å². The molecular weight excluding hydrogens is 362 g/mol. The highest BCUT2D eigenvalue weighted by Gasteiger charge is 2.29. The maximum absolute atomic E-state index is 12.9. The van der Waals surface area contributed by atoms with Crippen LogP contribution in [-0.2, 0) is 31.5 Å². The number of hydrogen-bond donors (Lipinski definition) is 1. The Morgan fingerprint density at radius 1 is 1.21 bits per heavy atom. The first-order valence-corrected chi connectivity index (χ1v) is 9.07. The average molecular weight is 383 g/mol. The topological polar surface area (TPSA) is 102 Å². The van der Waals surface area contributed by atoms with E-state index in [4.69, 9.17) is 5.11 Å². The number of benzene rings is 1. The van der Waals surface area contributed by atoms with Crippen LogP contribution in [0.1, 0.15) is 12.5 Å². The van der Waals surface area contributed by atoms with Crippen LogP contribution in [0.3, 0.4) is 0 Å². The van der Waals surface area contributed by atoms with Crippen molar-refractivity contribution in [3.63, 3.8) is 0 Å². The molecule has 2 aromatic heterocycles. The van der Waals surface area contributed by atoms with E-state index in [1.54, 1.807) is 0 Å². The summed E-state index contributed by atoms with van der Waals surface area (Å²) in [5, 5.41) is 9.08. The van der Waals surface area contributed by atoms with Crippen molar-refractivity contribution in [3.8, 4) is 0 Å². The van der Waals surface area contributed by atoms with E-state index in [0.717, 1.165) is 16.7 Å². The Bertz CT molecular complexity index is 1170. The van der Waals surface area contributed by atoms with Crippen molar-refractivity contribution >= 4 is 23.1 Å². The number of carboxylic acids is 1. The first-order valence-electron chi connectivity index (χ1n) is 9.07. The summed E-state index contributed by atoms with van der Waals surface area (Å²) in [5.74, 6) is -0.355. The van der Waals surface area contributed by atoms with Gasteiger partial charge in [-0.2, -0.15) is 4.98 Å². The highest BCUT2D eigenvalue weighted by Crippen LogP contribution is 2.28. The van der Waals surface area contributed by atoms with Gasteiger partial charge in [-0.25, -0.2) is 9.36 Å². The molecule has 146 valence electrons. The summed E-state index contributed by atoms with van der Waals surface area (Å²) in [6, 6.07) is 9.96. The van der Waals surface area contributed by atoms with Gasteiger partial charge in [0.05, 0.1) is 0 Å². The number of nitrogens with zero attached hydrogens (tertiary/aromatic N) is 5. The van der Waals surface area contributed by atoms with Gasteiger partial charge in [-0.3, -0.25) is 14.2 Å². The van der Waals surface area contributed by atoms with Crippen molar-refractivity contribution in [2.75, 3.05) is 11.4 Å². The minimum Gasteiger partial charge on any atom is -0.480 e. The van der Waals surface area contributed by atoms with Crippen molar-refractivity contribution < 1.29 is 9.90 Å². The van der Waals surface area contributed by atoms with Crippen LogP contribution in [-0.4, -0.2) is 36.3 Å². The molecule has 0 spiro atoms. The van der Waals surface area contributed by atoms with E-state index in [-0.39, 0.29) is 17.1 Å². The summed E-state index contributed by atoms with van der Waals surface area (Å²) in [4.78, 5) is 43.2. The summed E-state index contributed by atoms with van der Waals surface area (Å²) < 4.78 is 3.81. The lowest BCUT2D eigenvalue weighted by Crippen LogP contribution is -2.42. The fourth-order valence-corrected chi connectivity index (χ4v) is 3.82. The maximum atomic E-state index is 12.9. The van der Waals surface area contributed by atoms with Gasteiger partial charge in [0.2, 0.25) is 5.95 Å². The highest BCUT2D eigenvalue weighted by atomic mass is 16.4. The standard InChI is InChI=1S/C19H21N5O4/c1-12-8-22(10-13-6-4-3-5-7-13)18-20-16-15(23(18)9-12)17(27)24(11-14(25)26)19(28)21(16)2/h3-7,12H,8-11H2,1-2H3,(H,25,26)/t12-/m1/s1. The zero-order valence-electron chi connectivity index (χ0n) is 15.7. The molecule has 3 heterocycles. The third-order valence-corrected chi connectivity index (χ3v) is 5.03. The van der Waals surface area contributed by atoms with Crippen LogP contribution in [0, 0.1) is 5.92 Å². The van der Waals surface area contributed by atoms with E-state index in [1.165, 1.54) is 11.6 Å². The number of imidazole rings is 1. The molecule has 4 rings (SSSR count). The molecule has 0 unspecified atom stereocenters. The smallest absolute Gasteiger partial charge is 0.333 e. The fourth-order valence-electron chi connectivity index (χ4n) is 3.82. The zero-order valence-corrected chi connectivity index (χ0v) is 15.7. The lowest BCUT2D eigenvalue weighted by Gasteiger charge is -2.33. The molecule has 0 bridgehead atoms. The maximum Gasteiger partial charge on any atom is 0.333 e. The number of aliphatic carboxylic acids is 1. The minimum absolute atomic E-state index is 0.262. The molecule has 9 heteroatoms. The Morgan fingerprint density at radius 3 is 2.61 bits per heavy atom. The van der Waals surface area contributed by atoms with Gasteiger partial charge >= 0.3 is 11.7 Å². The largest absolute Gasteiger partial charge is 0.480 e. The van der Waals surface area contributed by atoms with Gasteiger partial charge in [-0.15, -0.1) is 0 Å². The third-order valence-electron chi connectivity index (χ3n) is 5.03. The van der Waals surface area contributed by atoms with Crippen LogP contribution in [0.5, 0.6) is 0 Å². The number of fused-ring (bicyclic) bond motifs is 3. The molecule has 0 amide bonds. The summed E-state index contributed by atoms with van der Waals surface area (Å²) in [6.07, 6.45) is 0. The first-order chi connectivity index (χ1) is 13.4. The third kappa shape index (κ3) is 2.88. The van der Waals surface area contributed by atoms with E-state index < -0.39 is 23.8 Å². The molecule has 0 saturated carbocycles. The molecule has 1 aromatic carbocycles. The Balaban J connectivity index is 1.92. The molecule has 1 N–H and O–H groups in total. The normalized spacial score (nSPS) is 16.4. The Labute approximate surface area is 160 Å². The number of aromatic nitrogens is 4. The van der Waals surface area contributed by atoms with Gasteiger partial charge in [0.25, 0.3) is 5.56 Å². The fraction of sp³-hybridized carbons (Fsp3) is 0.368. The molecule has 0 fully saturated rings. The van der Waals surface area contributed by atoms with Crippen molar-refractivity contribution in [3.05, 3.63) is 56.7 Å². The van der Waals surface area contributed by atoms with Crippen LogP contribution in [0.15, 0.2) is 39.9 Å². The lowest BCUT2D eigenvalue weighted by atomic mass is 10.1. The second-order valence-corrected chi connectivity index (χ2v) is 7.29. The number of carboxylic acid groups (broad SMARTS) is 1. The molecule has 0 radical (unpaired) electrons. The van der Waals surface area contributed by atoms with Gasteiger partial charge < -0.3 is 14.6 Å². The van der Waals surface area contributed by atoms with E-state index in [9.17, 15) is 14.4 Å². The Morgan fingerprint density at radius 2 is 1.93 bits per heavy atom. The minimum atomic E-state index is -1.24. The van der Waals surface area contributed by atoms with Crippen LogP contribution >= 0.6 is 0 Å². The van der Waals surface area contributed by atoms with E-state index in [2.05, 4.69) is 16.8 Å². The highest BCUT2D eigenvalue weighted by molar-refractivity contribution is 5.75. The Hall–Kier alpha value is -3.36. The SMILES string of the molecule is C[C@@H]1CN(Cc2ccccc2)c2nc3c(c(=O)n(CC(=O)O)c(=O)n3C)n2C1. The van der Waals surface area contributed by atoms with Crippen molar-refractivity contribution in [1.29, 1.82) is 0 Å². The van der Waals surface area contributed by atoms with Gasteiger partial charge in [0.15, 0.2) is 11.2 Å². The van der Waals surface area contributed by atoms with Crippen LogP contribution in [0.2, 0.25) is 0 Å². The molecule has 1 aliphatic heterocycles. The first kappa shape index (κ1) is 18.0. The van der Waals surface area contributed by atoms with Gasteiger partial charge in [-0.1, -0.05) is 37.3 Å². The van der Waals surface area contributed by atoms with Crippen molar-refractivity contribution in [2.45, 2.75) is 26.6 Å². The lowest BCUT2D eigenvalue weighted by molar-refractivity contribution is -0.137. The summed E-state index contributed by atoms with van der Waals surface area (Å²) in [6.45, 7) is 3.40. The van der Waals surface area contributed by atoms with Crippen molar-refractivity contribution in [1.82, 2.24) is 18.7 Å². The Kier molecular flexibility index (Phi) is 4.29. The number of rotatable bonds is 4. The molecule has 3 aromatic rings. The van der Waals surface area contributed by atoms with Crippen LogP contribution in [0.4, 0.5) is 5.95 Å². The molecular formula is C19H21N5O4. The molecule has 0 saturated heterocycles. The molecule has 1 aliphatic rings. The van der Waals surface area contributed by atoms with E-state index in [1.807, 2.05) is 34.9 Å². The molecule has 0 aliphatic carbocycles. The number of anilines is 1. The van der Waals surface area contributed by atoms with Gasteiger partial charge in [-0.05, 0) is 11.5 Å². The molecule has 1 atom stereocenters. The quantitative estimate of drug-likeness (QED) is 0.709.